The van der Waals surface area contributed by atoms with Crippen LogP contribution < -0.4 is 5.73 Å². The standard InChI is InChI=1S/C13H18FNO2/c1-4-17-12(16)13(2,3)11(15)9-7-5-6-8-10(9)14/h5-8,11H,4,15H2,1-3H3. The van der Waals surface area contributed by atoms with Gasteiger partial charge in [-0.2, -0.15) is 0 Å². The van der Waals surface area contributed by atoms with Crippen molar-refractivity contribution < 1.29 is 13.9 Å². The van der Waals surface area contributed by atoms with Crippen LogP contribution in [0.5, 0.6) is 0 Å². The van der Waals surface area contributed by atoms with Gasteiger partial charge in [0.2, 0.25) is 0 Å². The zero-order valence-corrected chi connectivity index (χ0v) is 10.4. The fourth-order valence-electron chi connectivity index (χ4n) is 1.56. The molecule has 1 atom stereocenters. The number of rotatable bonds is 4. The third-order valence-corrected chi connectivity index (χ3v) is 2.82. The summed E-state index contributed by atoms with van der Waals surface area (Å²) in [5, 5.41) is 0. The fourth-order valence-corrected chi connectivity index (χ4v) is 1.56. The van der Waals surface area contributed by atoms with Crippen molar-refractivity contribution in [2.75, 3.05) is 6.61 Å². The quantitative estimate of drug-likeness (QED) is 0.821. The molecule has 0 radical (unpaired) electrons. The summed E-state index contributed by atoms with van der Waals surface area (Å²) in [6.07, 6.45) is 0. The maximum Gasteiger partial charge on any atom is 0.313 e. The molecule has 3 nitrogen and oxygen atoms in total. The van der Waals surface area contributed by atoms with E-state index < -0.39 is 23.2 Å². The first-order chi connectivity index (χ1) is 7.91. The summed E-state index contributed by atoms with van der Waals surface area (Å²) in [5.74, 6) is -0.826. The van der Waals surface area contributed by atoms with E-state index in [0.717, 1.165) is 0 Å². The van der Waals surface area contributed by atoms with Crippen molar-refractivity contribution in [1.82, 2.24) is 0 Å². The predicted molar refractivity (Wildman–Crippen MR) is 63.7 cm³/mol. The van der Waals surface area contributed by atoms with Gasteiger partial charge in [-0.05, 0) is 26.8 Å². The summed E-state index contributed by atoms with van der Waals surface area (Å²) in [4.78, 5) is 11.8. The van der Waals surface area contributed by atoms with E-state index in [-0.39, 0.29) is 6.61 Å². The van der Waals surface area contributed by atoms with E-state index in [1.54, 1.807) is 39.0 Å². The summed E-state index contributed by atoms with van der Waals surface area (Å²) in [6.45, 7) is 5.32. The molecule has 1 aromatic carbocycles. The Morgan fingerprint density at radius 2 is 2.06 bits per heavy atom. The summed E-state index contributed by atoms with van der Waals surface area (Å²) in [7, 11) is 0. The van der Waals surface area contributed by atoms with Crippen LogP contribution in [0.4, 0.5) is 4.39 Å². The topological polar surface area (TPSA) is 52.3 Å². The monoisotopic (exact) mass is 239 g/mol. The Kier molecular flexibility index (Phi) is 4.23. The Hall–Kier alpha value is -1.42. The summed E-state index contributed by atoms with van der Waals surface area (Å²) < 4.78 is 18.5. The van der Waals surface area contributed by atoms with Crippen LogP contribution in [0.1, 0.15) is 32.4 Å². The molecular formula is C13H18FNO2. The van der Waals surface area contributed by atoms with Crippen LogP contribution in [-0.4, -0.2) is 12.6 Å². The Morgan fingerprint density at radius 3 is 2.59 bits per heavy atom. The minimum atomic E-state index is -0.960. The molecule has 1 unspecified atom stereocenters. The molecule has 1 aromatic rings. The van der Waals surface area contributed by atoms with E-state index in [4.69, 9.17) is 10.5 Å². The highest BCUT2D eigenvalue weighted by Gasteiger charge is 2.37. The minimum Gasteiger partial charge on any atom is -0.466 e. The Labute approximate surface area is 101 Å². The smallest absolute Gasteiger partial charge is 0.313 e. The average Bonchev–Trinajstić information content (AvgIpc) is 2.29. The van der Waals surface area contributed by atoms with Crippen LogP contribution >= 0.6 is 0 Å². The van der Waals surface area contributed by atoms with Gasteiger partial charge in [0, 0.05) is 11.6 Å². The molecule has 2 N–H and O–H groups in total. The summed E-state index contributed by atoms with van der Waals surface area (Å²) >= 11 is 0. The number of hydrogen-bond acceptors (Lipinski definition) is 3. The second-order valence-electron chi connectivity index (χ2n) is 4.44. The number of hydrogen-bond donors (Lipinski definition) is 1. The van der Waals surface area contributed by atoms with E-state index in [1.807, 2.05) is 0 Å². The van der Waals surface area contributed by atoms with E-state index >= 15 is 0 Å². The first kappa shape index (κ1) is 13.6. The maximum atomic E-state index is 13.6. The molecule has 1 rings (SSSR count). The van der Waals surface area contributed by atoms with Crippen molar-refractivity contribution in [2.45, 2.75) is 26.8 Å². The van der Waals surface area contributed by atoms with E-state index in [9.17, 15) is 9.18 Å². The highest BCUT2D eigenvalue weighted by Crippen LogP contribution is 2.33. The lowest BCUT2D eigenvalue weighted by Gasteiger charge is -2.29. The van der Waals surface area contributed by atoms with Crippen LogP contribution in [0.3, 0.4) is 0 Å². The second kappa shape index (κ2) is 5.27. The maximum absolute atomic E-state index is 13.6. The van der Waals surface area contributed by atoms with Crippen molar-refractivity contribution in [3.8, 4) is 0 Å². The third-order valence-electron chi connectivity index (χ3n) is 2.82. The summed E-state index contributed by atoms with van der Waals surface area (Å²) in [5.41, 5.74) is 5.33. The largest absolute Gasteiger partial charge is 0.466 e. The molecule has 0 aliphatic rings. The van der Waals surface area contributed by atoms with Crippen molar-refractivity contribution in [3.63, 3.8) is 0 Å². The summed E-state index contributed by atoms with van der Waals surface area (Å²) in [6, 6.07) is 5.46. The van der Waals surface area contributed by atoms with Crippen molar-refractivity contribution in [3.05, 3.63) is 35.6 Å². The van der Waals surface area contributed by atoms with Crippen LogP contribution in [0.25, 0.3) is 0 Å². The molecule has 0 bridgehead atoms. The molecule has 4 heteroatoms. The lowest BCUT2D eigenvalue weighted by atomic mass is 9.81. The van der Waals surface area contributed by atoms with Crippen LogP contribution in [0, 0.1) is 11.2 Å². The molecule has 0 saturated carbocycles. The highest BCUT2D eigenvalue weighted by atomic mass is 19.1. The normalized spacial score (nSPS) is 13.2. The van der Waals surface area contributed by atoms with Gasteiger partial charge in [0.05, 0.1) is 12.0 Å². The van der Waals surface area contributed by atoms with Crippen LogP contribution in [0.2, 0.25) is 0 Å². The van der Waals surface area contributed by atoms with E-state index in [2.05, 4.69) is 0 Å². The molecule has 0 saturated heterocycles. The molecular weight excluding hydrogens is 221 g/mol. The molecule has 0 fully saturated rings. The van der Waals surface area contributed by atoms with Gasteiger partial charge in [0.25, 0.3) is 0 Å². The third kappa shape index (κ3) is 2.82. The second-order valence-corrected chi connectivity index (χ2v) is 4.44. The average molecular weight is 239 g/mol. The lowest BCUT2D eigenvalue weighted by molar-refractivity contribution is -0.154. The zero-order chi connectivity index (χ0) is 13.1. The van der Waals surface area contributed by atoms with Crippen molar-refractivity contribution in [1.29, 1.82) is 0 Å². The van der Waals surface area contributed by atoms with Gasteiger partial charge in [0.15, 0.2) is 0 Å². The molecule has 17 heavy (non-hydrogen) atoms. The molecule has 0 aliphatic carbocycles. The number of halogens is 1. The van der Waals surface area contributed by atoms with Gasteiger partial charge < -0.3 is 10.5 Å². The van der Waals surface area contributed by atoms with E-state index in [0.29, 0.717) is 5.56 Å². The van der Waals surface area contributed by atoms with Gasteiger partial charge >= 0.3 is 5.97 Å². The number of carbonyl (C=O) groups is 1. The number of carbonyl (C=O) groups excluding carboxylic acids is 1. The van der Waals surface area contributed by atoms with Crippen molar-refractivity contribution >= 4 is 5.97 Å². The molecule has 0 aromatic heterocycles. The van der Waals surface area contributed by atoms with Gasteiger partial charge in [-0.15, -0.1) is 0 Å². The van der Waals surface area contributed by atoms with Crippen LogP contribution in [-0.2, 0) is 9.53 Å². The number of ether oxygens (including phenoxy) is 1. The lowest BCUT2D eigenvalue weighted by Crippen LogP contribution is -2.38. The first-order valence-electron chi connectivity index (χ1n) is 5.58. The molecule has 0 spiro atoms. The van der Waals surface area contributed by atoms with Gasteiger partial charge in [-0.25, -0.2) is 4.39 Å². The minimum absolute atomic E-state index is 0.284. The Morgan fingerprint density at radius 1 is 1.47 bits per heavy atom. The molecule has 0 amide bonds. The number of esters is 1. The van der Waals surface area contributed by atoms with Gasteiger partial charge in [0.1, 0.15) is 5.82 Å². The zero-order valence-electron chi connectivity index (χ0n) is 10.4. The van der Waals surface area contributed by atoms with Crippen LogP contribution in [0.15, 0.2) is 24.3 Å². The number of nitrogens with two attached hydrogens (primary N) is 1. The number of benzene rings is 1. The highest BCUT2D eigenvalue weighted by molar-refractivity contribution is 5.77. The SMILES string of the molecule is CCOC(=O)C(C)(C)C(N)c1ccccc1F. The Bertz CT molecular complexity index is 404. The molecule has 94 valence electrons. The van der Waals surface area contributed by atoms with Gasteiger partial charge in [-0.1, -0.05) is 18.2 Å². The molecule has 0 aliphatic heterocycles. The van der Waals surface area contributed by atoms with E-state index in [1.165, 1.54) is 6.07 Å². The first-order valence-corrected chi connectivity index (χ1v) is 5.58. The Balaban J connectivity index is 3.00. The molecule has 0 heterocycles. The predicted octanol–water partition coefficient (Wildman–Crippen LogP) is 2.41. The van der Waals surface area contributed by atoms with Crippen molar-refractivity contribution in [2.24, 2.45) is 11.1 Å². The fraction of sp³-hybridized carbons (Fsp3) is 0.462. The van der Waals surface area contributed by atoms with Gasteiger partial charge in [-0.3, -0.25) is 4.79 Å².